The van der Waals surface area contributed by atoms with Gasteiger partial charge in [-0.2, -0.15) is 0 Å². The van der Waals surface area contributed by atoms with Gasteiger partial charge in [-0.3, -0.25) is 9.59 Å². The van der Waals surface area contributed by atoms with Gasteiger partial charge in [-0.1, -0.05) is 37.8 Å². The van der Waals surface area contributed by atoms with E-state index in [0.717, 1.165) is 17.9 Å². The van der Waals surface area contributed by atoms with Gasteiger partial charge in [0, 0.05) is 18.5 Å². The van der Waals surface area contributed by atoms with Gasteiger partial charge >= 0.3 is 0 Å². The van der Waals surface area contributed by atoms with Crippen molar-refractivity contribution in [1.29, 1.82) is 0 Å². The first-order valence-electron chi connectivity index (χ1n) is 7.30. The molecule has 0 spiro atoms. The van der Waals surface area contributed by atoms with E-state index < -0.39 is 5.91 Å². The number of carbonyl (C=O) groups excluding carboxylic acids is 2. The van der Waals surface area contributed by atoms with E-state index >= 15 is 0 Å². The summed E-state index contributed by atoms with van der Waals surface area (Å²) in [4.78, 5) is 22.9. The van der Waals surface area contributed by atoms with Crippen molar-refractivity contribution in [2.45, 2.75) is 45.1 Å². The van der Waals surface area contributed by atoms with Gasteiger partial charge in [0.1, 0.15) is 0 Å². The van der Waals surface area contributed by atoms with Crippen molar-refractivity contribution in [3.63, 3.8) is 0 Å². The fourth-order valence-electron chi connectivity index (χ4n) is 2.76. The minimum atomic E-state index is -0.445. The third kappa shape index (κ3) is 4.37. The van der Waals surface area contributed by atoms with Gasteiger partial charge in [-0.05, 0) is 30.0 Å². The zero-order valence-corrected chi connectivity index (χ0v) is 11.7. The molecule has 3 N–H and O–H groups in total. The fraction of sp³-hybridized carbons (Fsp3) is 0.500. The summed E-state index contributed by atoms with van der Waals surface area (Å²) in [5.41, 5.74) is 6.60. The van der Waals surface area contributed by atoms with Gasteiger partial charge in [-0.15, -0.1) is 0 Å². The Kier molecular flexibility index (Phi) is 5.16. The van der Waals surface area contributed by atoms with Gasteiger partial charge in [0.25, 0.3) is 0 Å². The molecule has 4 nitrogen and oxygen atoms in total. The van der Waals surface area contributed by atoms with Gasteiger partial charge in [-0.25, -0.2) is 0 Å². The van der Waals surface area contributed by atoms with Crippen molar-refractivity contribution in [3.8, 4) is 0 Å². The Morgan fingerprint density at radius 3 is 2.70 bits per heavy atom. The summed E-state index contributed by atoms with van der Waals surface area (Å²) < 4.78 is 0. The molecule has 0 aliphatic heterocycles. The summed E-state index contributed by atoms with van der Waals surface area (Å²) in [7, 11) is 0. The fourth-order valence-corrected chi connectivity index (χ4v) is 2.76. The highest BCUT2D eigenvalue weighted by Gasteiger charge is 2.15. The van der Waals surface area contributed by atoms with Crippen LogP contribution in [-0.2, 0) is 11.3 Å². The van der Waals surface area contributed by atoms with Crippen LogP contribution in [0.4, 0.5) is 0 Å². The van der Waals surface area contributed by atoms with Crippen molar-refractivity contribution in [3.05, 3.63) is 35.4 Å². The number of benzene rings is 1. The van der Waals surface area contributed by atoms with Crippen LogP contribution >= 0.6 is 0 Å². The van der Waals surface area contributed by atoms with Crippen LogP contribution < -0.4 is 11.1 Å². The molecule has 1 aliphatic carbocycles. The molecule has 0 aromatic heterocycles. The molecule has 2 rings (SSSR count). The molecular weight excluding hydrogens is 252 g/mol. The monoisotopic (exact) mass is 274 g/mol. The predicted molar refractivity (Wildman–Crippen MR) is 78.0 cm³/mol. The number of hydrogen-bond donors (Lipinski definition) is 2. The van der Waals surface area contributed by atoms with E-state index in [1.807, 2.05) is 6.07 Å². The van der Waals surface area contributed by atoms with Crippen LogP contribution in [0.15, 0.2) is 24.3 Å². The molecule has 0 bridgehead atoms. The number of amides is 2. The molecule has 1 saturated carbocycles. The standard InChI is InChI=1S/C16H22N2O2/c17-16(20)14-7-3-6-13(10-14)11-18-15(19)9-8-12-4-1-2-5-12/h3,6-7,10,12H,1-2,4-5,8-9,11H2,(H2,17,20)(H,18,19). The molecule has 0 unspecified atom stereocenters. The second kappa shape index (κ2) is 7.08. The summed E-state index contributed by atoms with van der Waals surface area (Å²) in [6, 6.07) is 7.05. The molecule has 1 aliphatic rings. The SMILES string of the molecule is NC(=O)c1cccc(CNC(=O)CCC2CCCC2)c1. The van der Waals surface area contributed by atoms with Crippen molar-refractivity contribution in [2.24, 2.45) is 11.7 Å². The lowest BCUT2D eigenvalue weighted by Gasteiger charge is -2.09. The molecule has 1 aromatic rings. The van der Waals surface area contributed by atoms with Crippen molar-refractivity contribution < 1.29 is 9.59 Å². The Bertz CT molecular complexity index is 479. The molecule has 0 radical (unpaired) electrons. The molecular formula is C16H22N2O2. The summed E-state index contributed by atoms with van der Waals surface area (Å²) in [6.07, 6.45) is 6.76. The second-order valence-electron chi connectivity index (χ2n) is 5.53. The normalized spacial score (nSPS) is 15.2. The van der Waals surface area contributed by atoms with E-state index in [1.165, 1.54) is 25.7 Å². The van der Waals surface area contributed by atoms with Crippen LogP contribution in [0, 0.1) is 5.92 Å². The summed E-state index contributed by atoms with van der Waals surface area (Å²) >= 11 is 0. The summed E-state index contributed by atoms with van der Waals surface area (Å²) in [6.45, 7) is 0.449. The van der Waals surface area contributed by atoms with E-state index in [1.54, 1.807) is 18.2 Å². The zero-order valence-electron chi connectivity index (χ0n) is 11.7. The molecule has 1 fully saturated rings. The van der Waals surface area contributed by atoms with E-state index in [4.69, 9.17) is 5.73 Å². The summed E-state index contributed by atoms with van der Waals surface area (Å²) in [5.74, 6) is 0.375. The first-order chi connectivity index (χ1) is 9.65. The third-order valence-electron chi connectivity index (χ3n) is 3.96. The Morgan fingerprint density at radius 2 is 2.00 bits per heavy atom. The van der Waals surface area contributed by atoms with E-state index in [9.17, 15) is 9.59 Å². The topological polar surface area (TPSA) is 72.2 Å². The van der Waals surface area contributed by atoms with Crippen molar-refractivity contribution in [2.75, 3.05) is 0 Å². The van der Waals surface area contributed by atoms with Gasteiger partial charge in [0.05, 0.1) is 0 Å². The van der Waals surface area contributed by atoms with Crippen LogP contribution in [0.25, 0.3) is 0 Å². The minimum Gasteiger partial charge on any atom is -0.366 e. The molecule has 0 heterocycles. The van der Waals surface area contributed by atoms with Crippen LogP contribution in [0.2, 0.25) is 0 Å². The highest BCUT2D eigenvalue weighted by Crippen LogP contribution is 2.28. The number of primary amides is 1. The summed E-state index contributed by atoms with van der Waals surface area (Å²) in [5, 5.41) is 2.90. The first-order valence-corrected chi connectivity index (χ1v) is 7.30. The average Bonchev–Trinajstić information content (AvgIpc) is 2.96. The number of carbonyl (C=O) groups is 2. The predicted octanol–water partition coefficient (Wildman–Crippen LogP) is 2.37. The second-order valence-corrected chi connectivity index (χ2v) is 5.53. The molecule has 20 heavy (non-hydrogen) atoms. The highest BCUT2D eigenvalue weighted by molar-refractivity contribution is 5.92. The Hall–Kier alpha value is -1.84. The lowest BCUT2D eigenvalue weighted by molar-refractivity contribution is -0.121. The van der Waals surface area contributed by atoms with Crippen LogP contribution in [-0.4, -0.2) is 11.8 Å². The zero-order chi connectivity index (χ0) is 14.4. The molecule has 0 saturated heterocycles. The molecule has 4 heteroatoms. The largest absolute Gasteiger partial charge is 0.366 e. The number of nitrogens with two attached hydrogens (primary N) is 1. The maximum absolute atomic E-state index is 11.8. The quantitative estimate of drug-likeness (QED) is 0.836. The first kappa shape index (κ1) is 14.6. The average molecular weight is 274 g/mol. The van der Waals surface area contributed by atoms with Gasteiger partial charge in [0.2, 0.25) is 11.8 Å². The minimum absolute atomic E-state index is 0.0846. The van der Waals surface area contributed by atoms with E-state index in [2.05, 4.69) is 5.32 Å². The number of rotatable bonds is 6. The van der Waals surface area contributed by atoms with Crippen LogP contribution in [0.1, 0.15) is 54.4 Å². The Morgan fingerprint density at radius 1 is 1.25 bits per heavy atom. The lowest BCUT2D eigenvalue weighted by Crippen LogP contribution is -2.23. The van der Waals surface area contributed by atoms with Gasteiger partial charge in [0.15, 0.2) is 0 Å². The molecule has 108 valence electrons. The maximum atomic E-state index is 11.8. The van der Waals surface area contributed by atoms with Crippen LogP contribution in [0.5, 0.6) is 0 Å². The van der Waals surface area contributed by atoms with Crippen LogP contribution in [0.3, 0.4) is 0 Å². The number of nitrogens with one attached hydrogen (secondary N) is 1. The smallest absolute Gasteiger partial charge is 0.248 e. The maximum Gasteiger partial charge on any atom is 0.248 e. The molecule has 1 aromatic carbocycles. The number of hydrogen-bond acceptors (Lipinski definition) is 2. The lowest BCUT2D eigenvalue weighted by atomic mass is 10.0. The van der Waals surface area contributed by atoms with Crippen molar-refractivity contribution >= 4 is 11.8 Å². The van der Waals surface area contributed by atoms with Gasteiger partial charge < -0.3 is 11.1 Å². The molecule has 0 atom stereocenters. The Labute approximate surface area is 119 Å². The third-order valence-corrected chi connectivity index (χ3v) is 3.96. The van der Waals surface area contributed by atoms with Crippen molar-refractivity contribution in [1.82, 2.24) is 5.32 Å². The Balaban J connectivity index is 1.75. The van der Waals surface area contributed by atoms with E-state index in [0.29, 0.717) is 18.5 Å². The molecule has 2 amide bonds. The van der Waals surface area contributed by atoms with E-state index in [-0.39, 0.29) is 5.91 Å². The highest BCUT2D eigenvalue weighted by atomic mass is 16.1.